The fourth-order valence-electron chi connectivity index (χ4n) is 3.16. The fourth-order valence-corrected chi connectivity index (χ4v) is 3.16. The highest BCUT2D eigenvalue weighted by molar-refractivity contribution is 6.46. The summed E-state index contributed by atoms with van der Waals surface area (Å²) in [6, 6.07) is 9.44. The van der Waals surface area contributed by atoms with Crippen molar-refractivity contribution in [3.63, 3.8) is 0 Å². The molecule has 0 aliphatic carbocycles. The van der Waals surface area contributed by atoms with E-state index >= 15 is 0 Å². The number of ether oxygens (including phenoxy) is 1. The standard InChI is InChI=1S/C20H21N3O4/c1-27-15-7-5-13(6-8-15)18(24)16-17(14-4-2-10-22-12-14)23(11-3-9-21)20(26)19(16)25/h2,4-8,10,12,17,24H,3,9,11,21H2,1H3/b18-16-. The van der Waals surface area contributed by atoms with E-state index in [0.717, 1.165) is 0 Å². The van der Waals surface area contributed by atoms with Crippen molar-refractivity contribution in [2.24, 2.45) is 5.73 Å². The lowest BCUT2D eigenvalue weighted by Gasteiger charge is -2.24. The first-order valence-corrected chi connectivity index (χ1v) is 8.61. The topological polar surface area (TPSA) is 106 Å². The molecule has 3 rings (SSSR count). The predicted molar refractivity (Wildman–Crippen MR) is 99.9 cm³/mol. The number of aliphatic hydroxyl groups is 1. The van der Waals surface area contributed by atoms with Crippen LogP contribution >= 0.6 is 0 Å². The van der Waals surface area contributed by atoms with Crippen LogP contribution in [0.5, 0.6) is 5.75 Å². The molecular weight excluding hydrogens is 346 g/mol. The van der Waals surface area contributed by atoms with E-state index in [4.69, 9.17) is 10.5 Å². The Morgan fingerprint density at radius 1 is 1.26 bits per heavy atom. The number of hydrogen-bond acceptors (Lipinski definition) is 6. The van der Waals surface area contributed by atoms with Gasteiger partial charge in [-0.2, -0.15) is 0 Å². The molecule has 2 aromatic rings. The molecule has 0 radical (unpaired) electrons. The largest absolute Gasteiger partial charge is 0.507 e. The zero-order valence-electron chi connectivity index (χ0n) is 15.0. The smallest absolute Gasteiger partial charge is 0.295 e. The van der Waals surface area contributed by atoms with Gasteiger partial charge in [0.1, 0.15) is 11.5 Å². The van der Waals surface area contributed by atoms with E-state index in [1.54, 1.807) is 55.9 Å². The summed E-state index contributed by atoms with van der Waals surface area (Å²) in [7, 11) is 1.54. The Morgan fingerprint density at radius 3 is 2.59 bits per heavy atom. The number of aromatic nitrogens is 1. The van der Waals surface area contributed by atoms with Gasteiger partial charge in [-0.05, 0) is 48.9 Å². The number of aliphatic hydroxyl groups excluding tert-OH is 1. The van der Waals surface area contributed by atoms with Crippen LogP contribution in [0.25, 0.3) is 5.76 Å². The highest BCUT2D eigenvalue weighted by Gasteiger charge is 2.45. The van der Waals surface area contributed by atoms with Gasteiger partial charge in [-0.15, -0.1) is 0 Å². The second kappa shape index (κ2) is 8.01. The molecule has 0 bridgehead atoms. The molecule has 1 amide bonds. The number of ketones is 1. The van der Waals surface area contributed by atoms with Crippen molar-refractivity contribution in [1.29, 1.82) is 0 Å². The number of rotatable bonds is 6. The van der Waals surface area contributed by atoms with Crippen molar-refractivity contribution in [1.82, 2.24) is 9.88 Å². The molecule has 3 N–H and O–H groups in total. The summed E-state index contributed by atoms with van der Waals surface area (Å²) in [5.41, 5.74) is 6.71. The van der Waals surface area contributed by atoms with Gasteiger partial charge in [0, 0.05) is 24.5 Å². The van der Waals surface area contributed by atoms with Crippen molar-refractivity contribution in [2.45, 2.75) is 12.5 Å². The summed E-state index contributed by atoms with van der Waals surface area (Å²) in [5, 5.41) is 10.8. The Morgan fingerprint density at radius 2 is 2.00 bits per heavy atom. The number of carbonyl (C=O) groups is 2. The third-order valence-electron chi connectivity index (χ3n) is 4.51. The van der Waals surface area contributed by atoms with E-state index in [9.17, 15) is 14.7 Å². The minimum atomic E-state index is -0.714. The van der Waals surface area contributed by atoms with E-state index in [2.05, 4.69) is 4.98 Å². The maximum Gasteiger partial charge on any atom is 0.295 e. The summed E-state index contributed by atoms with van der Waals surface area (Å²) in [6.07, 6.45) is 3.75. The number of methoxy groups -OCH3 is 1. The Balaban J connectivity index is 2.11. The van der Waals surface area contributed by atoms with E-state index in [1.165, 1.54) is 4.90 Å². The molecule has 1 saturated heterocycles. The molecule has 27 heavy (non-hydrogen) atoms. The first kappa shape index (κ1) is 18.6. The summed E-state index contributed by atoms with van der Waals surface area (Å²) in [4.78, 5) is 30.8. The van der Waals surface area contributed by atoms with Crippen LogP contribution in [0.2, 0.25) is 0 Å². The van der Waals surface area contributed by atoms with Crippen LogP contribution in [-0.2, 0) is 9.59 Å². The van der Waals surface area contributed by atoms with E-state index < -0.39 is 17.7 Å². The minimum absolute atomic E-state index is 0.0511. The van der Waals surface area contributed by atoms with Gasteiger partial charge in [0.25, 0.3) is 11.7 Å². The quantitative estimate of drug-likeness (QED) is 0.459. The first-order chi connectivity index (χ1) is 13.1. The Kier molecular flexibility index (Phi) is 5.52. The maximum absolute atomic E-state index is 12.7. The van der Waals surface area contributed by atoms with Gasteiger partial charge in [-0.25, -0.2) is 0 Å². The highest BCUT2D eigenvalue weighted by Crippen LogP contribution is 2.39. The molecule has 1 aliphatic heterocycles. The van der Waals surface area contributed by atoms with Crippen LogP contribution < -0.4 is 10.5 Å². The normalized spacial score (nSPS) is 18.7. The van der Waals surface area contributed by atoms with Gasteiger partial charge in [0.15, 0.2) is 0 Å². The second-order valence-corrected chi connectivity index (χ2v) is 6.15. The molecular formula is C20H21N3O4. The average molecular weight is 367 g/mol. The number of likely N-dealkylation sites (tertiary alicyclic amines) is 1. The van der Waals surface area contributed by atoms with E-state index in [1.807, 2.05) is 0 Å². The van der Waals surface area contributed by atoms with Crippen LogP contribution in [0, 0.1) is 0 Å². The molecule has 2 heterocycles. The SMILES string of the molecule is COc1ccc(/C(O)=C2/C(=O)C(=O)N(CCCN)C2c2cccnc2)cc1. The van der Waals surface area contributed by atoms with Crippen molar-refractivity contribution < 1.29 is 19.4 Å². The molecule has 1 aromatic carbocycles. The third kappa shape index (κ3) is 3.54. The van der Waals surface area contributed by atoms with Crippen molar-refractivity contribution in [3.8, 4) is 5.75 Å². The molecule has 0 spiro atoms. The molecule has 0 saturated carbocycles. The summed E-state index contributed by atoms with van der Waals surface area (Å²) in [6.45, 7) is 0.710. The molecule has 7 nitrogen and oxygen atoms in total. The summed E-state index contributed by atoms with van der Waals surface area (Å²) >= 11 is 0. The minimum Gasteiger partial charge on any atom is -0.507 e. The van der Waals surface area contributed by atoms with Crippen molar-refractivity contribution in [2.75, 3.05) is 20.2 Å². The molecule has 1 fully saturated rings. The summed E-state index contributed by atoms with van der Waals surface area (Å²) in [5.74, 6) is -0.958. The van der Waals surface area contributed by atoms with Crippen molar-refractivity contribution >= 4 is 17.4 Å². The first-order valence-electron chi connectivity index (χ1n) is 8.61. The molecule has 7 heteroatoms. The fraction of sp³-hybridized carbons (Fsp3) is 0.250. The lowest BCUT2D eigenvalue weighted by atomic mass is 9.96. The lowest BCUT2D eigenvalue weighted by molar-refractivity contribution is -0.139. The zero-order valence-corrected chi connectivity index (χ0v) is 15.0. The van der Waals surface area contributed by atoms with Crippen LogP contribution in [0.3, 0.4) is 0 Å². The number of carbonyl (C=O) groups excluding carboxylic acids is 2. The van der Waals surface area contributed by atoms with Gasteiger partial charge < -0.3 is 20.5 Å². The average Bonchev–Trinajstić information content (AvgIpc) is 2.97. The molecule has 1 aliphatic rings. The van der Waals surface area contributed by atoms with Crippen LogP contribution in [0.1, 0.15) is 23.6 Å². The van der Waals surface area contributed by atoms with Gasteiger partial charge >= 0.3 is 0 Å². The highest BCUT2D eigenvalue weighted by atomic mass is 16.5. The Hall–Kier alpha value is -3.19. The van der Waals surface area contributed by atoms with Crippen molar-refractivity contribution in [3.05, 3.63) is 65.5 Å². The summed E-state index contributed by atoms with van der Waals surface area (Å²) < 4.78 is 5.12. The number of nitrogens with two attached hydrogens (primary N) is 1. The molecule has 1 unspecified atom stereocenters. The van der Waals surface area contributed by atoms with Crippen LogP contribution in [-0.4, -0.2) is 46.9 Å². The number of Topliss-reactive ketones (excluding diaryl/α,β-unsaturated/α-hetero) is 1. The predicted octanol–water partition coefficient (Wildman–Crippen LogP) is 1.86. The number of pyridine rings is 1. The van der Waals surface area contributed by atoms with Crippen LogP contribution in [0.15, 0.2) is 54.4 Å². The lowest BCUT2D eigenvalue weighted by Crippen LogP contribution is -2.31. The van der Waals surface area contributed by atoms with Crippen LogP contribution in [0.4, 0.5) is 0 Å². The monoisotopic (exact) mass is 367 g/mol. The van der Waals surface area contributed by atoms with Gasteiger partial charge in [0.2, 0.25) is 0 Å². The number of hydrogen-bond donors (Lipinski definition) is 2. The zero-order chi connectivity index (χ0) is 19.4. The van der Waals surface area contributed by atoms with E-state index in [-0.39, 0.29) is 11.3 Å². The molecule has 1 atom stereocenters. The third-order valence-corrected chi connectivity index (χ3v) is 4.51. The number of benzene rings is 1. The number of amides is 1. The molecule has 1 aromatic heterocycles. The Bertz CT molecular complexity index is 863. The van der Waals surface area contributed by atoms with E-state index in [0.29, 0.717) is 36.4 Å². The maximum atomic E-state index is 12.7. The Labute approximate surface area is 157 Å². The van der Waals surface area contributed by atoms with Gasteiger partial charge in [-0.3, -0.25) is 14.6 Å². The second-order valence-electron chi connectivity index (χ2n) is 6.15. The number of nitrogens with zero attached hydrogens (tertiary/aromatic N) is 2. The molecule has 140 valence electrons. The van der Waals surface area contributed by atoms with Gasteiger partial charge in [-0.1, -0.05) is 6.07 Å². The van der Waals surface area contributed by atoms with Gasteiger partial charge in [0.05, 0.1) is 18.7 Å².